The first-order chi connectivity index (χ1) is 14.4. The molecule has 2 aromatic rings. The number of carbonyl (C=O) groups is 3. The van der Waals surface area contributed by atoms with Crippen molar-refractivity contribution in [1.29, 1.82) is 0 Å². The fourth-order valence-corrected chi connectivity index (χ4v) is 3.00. The summed E-state index contributed by atoms with van der Waals surface area (Å²) in [6.07, 6.45) is -1.57. The Morgan fingerprint density at radius 2 is 1.45 bits per heavy atom. The van der Waals surface area contributed by atoms with Gasteiger partial charge in [0.25, 0.3) is 5.91 Å². The molecule has 0 aliphatic rings. The second-order valence-corrected chi connectivity index (χ2v) is 8.51. The SMILES string of the molecule is Cc1cc(C)c(NC(=O)[C@H](C)OC(=O)c2ccc(NC(=O)OC(C)(C)C)cc2)c(C)c1. The topological polar surface area (TPSA) is 93.7 Å². The zero-order chi connectivity index (χ0) is 23.3. The Hall–Kier alpha value is -3.35. The van der Waals surface area contributed by atoms with E-state index in [1.807, 2.05) is 32.9 Å². The Balaban J connectivity index is 1.96. The van der Waals surface area contributed by atoms with Crippen LogP contribution in [0.2, 0.25) is 0 Å². The van der Waals surface area contributed by atoms with Crippen LogP contribution in [0.5, 0.6) is 0 Å². The van der Waals surface area contributed by atoms with E-state index in [1.54, 1.807) is 32.9 Å². The molecule has 0 aromatic heterocycles. The van der Waals surface area contributed by atoms with Gasteiger partial charge in [0.15, 0.2) is 6.10 Å². The molecule has 31 heavy (non-hydrogen) atoms. The minimum Gasteiger partial charge on any atom is -0.449 e. The van der Waals surface area contributed by atoms with Crippen LogP contribution in [0.25, 0.3) is 0 Å². The standard InChI is InChI=1S/C24H30N2O5/c1-14-12-15(2)20(16(3)13-14)26-21(27)17(4)30-22(28)18-8-10-19(11-9-18)25-23(29)31-24(5,6)7/h8-13,17H,1-7H3,(H,25,29)(H,26,27)/t17-/m0/s1. The number of aryl methyl sites for hydroxylation is 3. The van der Waals surface area contributed by atoms with E-state index in [0.717, 1.165) is 22.4 Å². The van der Waals surface area contributed by atoms with Crippen molar-refractivity contribution in [2.24, 2.45) is 0 Å². The number of ether oxygens (including phenoxy) is 2. The summed E-state index contributed by atoms with van der Waals surface area (Å²) in [6, 6.07) is 10.1. The lowest BCUT2D eigenvalue weighted by atomic mass is 10.0. The van der Waals surface area contributed by atoms with E-state index in [9.17, 15) is 14.4 Å². The first kappa shape index (κ1) is 23.9. The van der Waals surface area contributed by atoms with Crippen molar-refractivity contribution < 1.29 is 23.9 Å². The first-order valence-corrected chi connectivity index (χ1v) is 10.1. The highest BCUT2D eigenvalue weighted by Gasteiger charge is 2.21. The van der Waals surface area contributed by atoms with Crippen LogP contribution >= 0.6 is 0 Å². The van der Waals surface area contributed by atoms with Gasteiger partial charge in [0, 0.05) is 11.4 Å². The van der Waals surface area contributed by atoms with Gasteiger partial charge in [-0.3, -0.25) is 10.1 Å². The molecule has 2 aromatic carbocycles. The van der Waals surface area contributed by atoms with Crippen LogP contribution in [0, 0.1) is 20.8 Å². The average Bonchev–Trinajstić information content (AvgIpc) is 2.63. The highest BCUT2D eigenvalue weighted by molar-refractivity contribution is 5.98. The molecule has 0 saturated carbocycles. The summed E-state index contributed by atoms with van der Waals surface area (Å²) in [4.78, 5) is 36.7. The molecule has 7 heteroatoms. The van der Waals surface area contributed by atoms with E-state index in [4.69, 9.17) is 9.47 Å². The lowest BCUT2D eigenvalue weighted by molar-refractivity contribution is -0.123. The van der Waals surface area contributed by atoms with Crippen molar-refractivity contribution in [3.8, 4) is 0 Å². The third-order valence-electron chi connectivity index (χ3n) is 4.34. The second-order valence-electron chi connectivity index (χ2n) is 8.51. The Kier molecular flexibility index (Phi) is 7.44. The Bertz CT molecular complexity index is 951. The quantitative estimate of drug-likeness (QED) is 0.646. The Labute approximate surface area is 183 Å². The summed E-state index contributed by atoms with van der Waals surface area (Å²) in [6.45, 7) is 12.6. The van der Waals surface area contributed by atoms with Crippen LogP contribution in [0.1, 0.15) is 54.7 Å². The predicted octanol–water partition coefficient (Wildman–Crippen LogP) is 5.14. The molecule has 0 radical (unpaired) electrons. The number of esters is 1. The van der Waals surface area contributed by atoms with Crippen LogP contribution < -0.4 is 10.6 Å². The zero-order valence-electron chi connectivity index (χ0n) is 19.1. The summed E-state index contributed by atoms with van der Waals surface area (Å²) in [5, 5.41) is 5.42. The molecule has 2 rings (SSSR count). The molecule has 166 valence electrons. The average molecular weight is 427 g/mol. The molecule has 0 aliphatic carbocycles. The number of carbonyl (C=O) groups excluding carboxylic acids is 3. The number of hydrogen-bond donors (Lipinski definition) is 2. The van der Waals surface area contributed by atoms with Gasteiger partial charge in [-0.05, 0) is 83.9 Å². The molecule has 7 nitrogen and oxygen atoms in total. The molecule has 2 amide bonds. The van der Waals surface area contributed by atoms with Crippen molar-refractivity contribution in [3.63, 3.8) is 0 Å². The summed E-state index contributed by atoms with van der Waals surface area (Å²) in [7, 11) is 0. The van der Waals surface area contributed by atoms with Crippen molar-refractivity contribution in [1.82, 2.24) is 0 Å². The molecular weight excluding hydrogens is 396 g/mol. The summed E-state index contributed by atoms with van der Waals surface area (Å²) >= 11 is 0. The van der Waals surface area contributed by atoms with Crippen LogP contribution in [-0.4, -0.2) is 29.7 Å². The van der Waals surface area contributed by atoms with Crippen LogP contribution in [0.4, 0.5) is 16.2 Å². The van der Waals surface area contributed by atoms with Crippen LogP contribution in [0.15, 0.2) is 36.4 Å². The van der Waals surface area contributed by atoms with Gasteiger partial charge in [-0.15, -0.1) is 0 Å². The van der Waals surface area contributed by atoms with Gasteiger partial charge in [-0.25, -0.2) is 9.59 Å². The monoisotopic (exact) mass is 426 g/mol. The van der Waals surface area contributed by atoms with E-state index in [2.05, 4.69) is 10.6 Å². The minimum absolute atomic E-state index is 0.261. The molecular formula is C24H30N2O5. The van der Waals surface area contributed by atoms with Crippen LogP contribution in [-0.2, 0) is 14.3 Å². The third kappa shape index (κ3) is 7.13. The number of benzene rings is 2. The van der Waals surface area contributed by atoms with Crippen molar-refractivity contribution >= 4 is 29.3 Å². The lowest BCUT2D eigenvalue weighted by Gasteiger charge is -2.19. The second kappa shape index (κ2) is 9.64. The fourth-order valence-electron chi connectivity index (χ4n) is 3.00. The lowest BCUT2D eigenvalue weighted by Crippen LogP contribution is -2.30. The minimum atomic E-state index is -0.979. The number of hydrogen-bond acceptors (Lipinski definition) is 5. The molecule has 2 N–H and O–H groups in total. The van der Waals surface area contributed by atoms with E-state index in [1.165, 1.54) is 19.1 Å². The predicted molar refractivity (Wildman–Crippen MR) is 120 cm³/mol. The number of rotatable bonds is 5. The molecule has 0 saturated heterocycles. The first-order valence-electron chi connectivity index (χ1n) is 10.1. The molecule has 0 aliphatic heterocycles. The van der Waals surface area contributed by atoms with Crippen LogP contribution in [0.3, 0.4) is 0 Å². The largest absolute Gasteiger partial charge is 0.449 e. The van der Waals surface area contributed by atoms with Gasteiger partial charge in [0.1, 0.15) is 5.60 Å². The summed E-state index contributed by atoms with van der Waals surface area (Å²) in [5.74, 6) is -1.05. The summed E-state index contributed by atoms with van der Waals surface area (Å²) < 4.78 is 10.5. The highest BCUT2D eigenvalue weighted by Crippen LogP contribution is 2.22. The van der Waals surface area contributed by atoms with Gasteiger partial charge in [-0.1, -0.05) is 17.7 Å². The zero-order valence-corrected chi connectivity index (χ0v) is 19.1. The van der Waals surface area contributed by atoms with E-state index < -0.39 is 29.7 Å². The van der Waals surface area contributed by atoms with Gasteiger partial charge < -0.3 is 14.8 Å². The van der Waals surface area contributed by atoms with Crippen molar-refractivity contribution in [3.05, 3.63) is 58.7 Å². The van der Waals surface area contributed by atoms with E-state index in [0.29, 0.717) is 5.69 Å². The maximum atomic E-state index is 12.5. The third-order valence-corrected chi connectivity index (χ3v) is 4.34. The smallest absolute Gasteiger partial charge is 0.412 e. The molecule has 0 spiro atoms. The maximum Gasteiger partial charge on any atom is 0.412 e. The Morgan fingerprint density at radius 3 is 1.97 bits per heavy atom. The van der Waals surface area contributed by atoms with Gasteiger partial charge in [-0.2, -0.15) is 0 Å². The van der Waals surface area contributed by atoms with Gasteiger partial charge >= 0.3 is 12.1 Å². The Morgan fingerprint density at radius 1 is 0.903 bits per heavy atom. The molecule has 0 heterocycles. The maximum absolute atomic E-state index is 12.5. The number of anilines is 2. The number of nitrogens with one attached hydrogen (secondary N) is 2. The fraction of sp³-hybridized carbons (Fsp3) is 0.375. The van der Waals surface area contributed by atoms with Crippen molar-refractivity contribution in [2.45, 2.75) is 60.2 Å². The van der Waals surface area contributed by atoms with Gasteiger partial charge in [0.05, 0.1) is 5.56 Å². The van der Waals surface area contributed by atoms with E-state index >= 15 is 0 Å². The number of amides is 2. The van der Waals surface area contributed by atoms with Gasteiger partial charge in [0.2, 0.25) is 0 Å². The summed E-state index contributed by atoms with van der Waals surface area (Å²) in [5.41, 5.74) is 3.84. The highest BCUT2D eigenvalue weighted by atomic mass is 16.6. The van der Waals surface area contributed by atoms with Crippen molar-refractivity contribution in [2.75, 3.05) is 10.6 Å². The molecule has 1 atom stereocenters. The van der Waals surface area contributed by atoms with E-state index in [-0.39, 0.29) is 5.56 Å². The molecule has 0 fully saturated rings. The molecule has 0 unspecified atom stereocenters. The molecule has 0 bridgehead atoms. The normalized spacial score (nSPS) is 12.0.